The van der Waals surface area contributed by atoms with E-state index in [2.05, 4.69) is 49.8 Å². The predicted molar refractivity (Wildman–Crippen MR) is 108 cm³/mol. The van der Waals surface area contributed by atoms with E-state index < -0.39 is 0 Å². The molecule has 0 fully saturated rings. The third kappa shape index (κ3) is 4.38. The number of nitrogens with zero attached hydrogens (tertiary/aromatic N) is 7. The average molecular weight is 412 g/mol. The zero-order chi connectivity index (χ0) is 20.8. The first-order valence-corrected chi connectivity index (χ1v) is 9.58. The van der Waals surface area contributed by atoms with E-state index in [1.54, 1.807) is 16.8 Å². The second kappa shape index (κ2) is 9.20. The Hall–Kier alpha value is -3.39. The van der Waals surface area contributed by atoms with Crippen LogP contribution in [0.15, 0.2) is 31.0 Å². The topological polar surface area (TPSA) is 124 Å². The lowest BCUT2D eigenvalue weighted by Gasteiger charge is -2.19. The van der Waals surface area contributed by atoms with Crippen molar-refractivity contribution < 1.29 is 9.47 Å². The van der Waals surface area contributed by atoms with Crippen molar-refractivity contribution in [1.82, 2.24) is 29.7 Å². The van der Waals surface area contributed by atoms with Crippen molar-refractivity contribution in [3.05, 3.63) is 42.2 Å². The van der Waals surface area contributed by atoms with Gasteiger partial charge in [-0.2, -0.15) is 15.2 Å². The smallest absolute Gasteiger partial charge is 0.245 e. The molecule has 0 aliphatic rings. The normalized spacial score (nSPS) is 12.7. The van der Waals surface area contributed by atoms with Gasteiger partial charge in [0.2, 0.25) is 17.7 Å². The van der Waals surface area contributed by atoms with Crippen molar-refractivity contribution in [2.24, 2.45) is 0 Å². The van der Waals surface area contributed by atoms with Crippen LogP contribution >= 0.6 is 11.9 Å². The van der Waals surface area contributed by atoms with Gasteiger partial charge in [-0.05, 0) is 24.1 Å². The van der Waals surface area contributed by atoms with Gasteiger partial charge in [0.1, 0.15) is 18.7 Å². The SMILES string of the molecule is COc1ncnc(OC)c1-n1cnnc1NSC(C)C(C)c1ccc(C#N)cn1. The Morgan fingerprint density at radius 2 is 1.86 bits per heavy atom. The maximum Gasteiger partial charge on any atom is 0.245 e. The van der Waals surface area contributed by atoms with E-state index in [0.29, 0.717) is 29.0 Å². The van der Waals surface area contributed by atoms with Crippen molar-refractivity contribution in [2.75, 3.05) is 18.9 Å². The maximum atomic E-state index is 8.91. The van der Waals surface area contributed by atoms with Crippen LogP contribution in [-0.4, -0.2) is 49.2 Å². The number of methoxy groups -OCH3 is 2. The molecule has 2 unspecified atom stereocenters. The van der Waals surface area contributed by atoms with E-state index in [1.165, 1.54) is 38.8 Å². The van der Waals surface area contributed by atoms with E-state index in [-0.39, 0.29) is 11.2 Å². The lowest BCUT2D eigenvalue weighted by Crippen LogP contribution is -2.13. The number of aromatic nitrogens is 6. The summed E-state index contributed by atoms with van der Waals surface area (Å²) >= 11 is 1.48. The molecule has 0 radical (unpaired) electrons. The van der Waals surface area contributed by atoms with Crippen LogP contribution in [0, 0.1) is 11.3 Å². The Bertz CT molecular complexity index is 980. The molecule has 0 aliphatic heterocycles. The number of anilines is 1. The quantitative estimate of drug-likeness (QED) is 0.552. The molecule has 3 rings (SSSR count). The number of nitrogens with one attached hydrogen (secondary N) is 1. The Kier molecular flexibility index (Phi) is 6.46. The van der Waals surface area contributed by atoms with Crippen LogP contribution in [-0.2, 0) is 0 Å². The summed E-state index contributed by atoms with van der Waals surface area (Å²) < 4.78 is 15.6. The van der Waals surface area contributed by atoms with Gasteiger partial charge in [0.15, 0.2) is 5.69 Å². The highest BCUT2D eigenvalue weighted by molar-refractivity contribution is 8.01. The fourth-order valence-electron chi connectivity index (χ4n) is 2.55. The fourth-order valence-corrected chi connectivity index (χ4v) is 3.32. The van der Waals surface area contributed by atoms with E-state index >= 15 is 0 Å². The molecule has 0 saturated heterocycles. The maximum absolute atomic E-state index is 8.91. The molecule has 2 atom stereocenters. The lowest BCUT2D eigenvalue weighted by atomic mass is 10.0. The second-order valence-electron chi connectivity index (χ2n) is 6.06. The first-order valence-electron chi connectivity index (χ1n) is 8.70. The molecule has 0 bridgehead atoms. The van der Waals surface area contributed by atoms with Crippen molar-refractivity contribution in [1.29, 1.82) is 5.26 Å². The highest BCUT2D eigenvalue weighted by Gasteiger charge is 2.21. The molecule has 0 saturated carbocycles. The van der Waals surface area contributed by atoms with Crippen LogP contribution in [0.3, 0.4) is 0 Å². The minimum Gasteiger partial charge on any atom is -0.479 e. The molecular formula is C18H20N8O2S. The molecule has 150 valence electrons. The summed E-state index contributed by atoms with van der Waals surface area (Å²) in [6.07, 6.45) is 4.48. The Balaban J connectivity index is 1.76. The van der Waals surface area contributed by atoms with E-state index in [0.717, 1.165) is 5.69 Å². The molecule has 0 amide bonds. The van der Waals surface area contributed by atoms with Gasteiger partial charge in [-0.15, -0.1) is 10.2 Å². The Labute approximate surface area is 172 Å². The number of pyridine rings is 1. The molecule has 11 heteroatoms. The van der Waals surface area contributed by atoms with E-state index in [9.17, 15) is 0 Å². The summed E-state index contributed by atoms with van der Waals surface area (Å²) in [5, 5.41) is 17.2. The first-order chi connectivity index (χ1) is 14.1. The van der Waals surface area contributed by atoms with Crippen LogP contribution in [0.1, 0.15) is 31.0 Å². The van der Waals surface area contributed by atoms with Gasteiger partial charge in [0.25, 0.3) is 0 Å². The van der Waals surface area contributed by atoms with Gasteiger partial charge in [-0.25, -0.2) is 0 Å². The molecule has 10 nitrogen and oxygen atoms in total. The van der Waals surface area contributed by atoms with Crippen LogP contribution in [0.25, 0.3) is 5.69 Å². The van der Waals surface area contributed by atoms with E-state index in [4.69, 9.17) is 14.7 Å². The number of rotatable bonds is 8. The molecule has 0 spiro atoms. The minimum atomic E-state index is 0.140. The van der Waals surface area contributed by atoms with Gasteiger partial charge in [-0.3, -0.25) is 14.3 Å². The van der Waals surface area contributed by atoms with Gasteiger partial charge in [0, 0.05) is 23.1 Å². The number of hydrogen-bond acceptors (Lipinski definition) is 10. The van der Waals surface area contributed by atoms with Crippen LogP contribution < -0.4 is 14.2 Å². The van der Waals surface area contributed by atoms with Crippen molar-refractivity contribution in [3.63, 3.8) is 0 Å². The molecular weight excluding hydrogens is 392 g/mol. The molecule has 29 heavy (non-hydrogen) atoms. The number of hydrogen-bond donors (Lipinski definition) is 1. The minimum absolute atomic E-state index is 0.140. The van der Waals surface area contributed by atoms with Gasteiger partial charge in [0.05, 0.1) is 19.8 Å². The number of nitriles is 1. The predicted octanol–water partition coefficient (Wildman–Crippen LogP) is 2.59. The van der Waals surface area contributed by atoms with Gasteiger partial charge >= 0.3 is 0 Å². The molecule has 0 aliphatic carbocycles. The molecule has 3 aromatic heterocycles. The molecule has 3 aromatic rings. The largest absolute Gasteiger partial charge is 0.479 e. The van der Waals surface area contributed by atoms with E-state index in [1.807, 2.05) is 6.07 Å². The van der Waals surface area contributed by atoms with Crippen LogP contribution in [0.2, 0.25) is 0 Å². The first kappa shape index (κ1) is 20.3. The number of ether oxygens (including phenoxy) is 2. The molecule has 0 aromatic carbocycles. The second-order valence-corrected chi connectivity index (χ2v) is 7.25. The summed E-state index contributed by atoms with van der Waals surface area (Å²) in [5.41, 5.74) is 1.95. The standard InChI is InChI=1S/C18H20N8O2S/c1-11(14-6-5-13(7-19)8-20-14)12(2)29-25-18-24-23-10-26(18)15-16(27-3)21-9-22-17(15)28-4/h5-6,8-12H,1-4H3,(H,24,25). The fraction of sp³-hybridized carbons (Fsp3) is 0.333. The van der Waals surface area contributed by atoms with Crippen LogP contribution in [0.4, 0.5) is 5.95 Å². The summed E-state index contributed by atoms with van der Waals surface area (Å²) in [5.74, 6) is 1.30. The zero-order valence-corrected chi connectivity index (χ0v) is 17.2. The van der Waals surface area contributed by atoms with Crippen molar-refractivity contribution in [2.45, 2.75) is 25.0 Å². The third-order valence-corrected chi connectivity index (χ3v) is 5.43. The Morgan fingerprint density at radius 3 is 2.45 bits per heavy atom. The lowest BCUT2D eigenvalue weighted by molar-refractivity contribution is 0.368. The highest BCUT2D eigenvalue weighted by Crippen LogP contribution is 2.32. The van der Waals surface area contributed by atoms with Crippen molar-refractivity contribution >= 4 is 17.9 Å². The Morgan fingerprint density at radius 1 is 1.14 bits per heavy atom. The summed E-state index contributed by atoms with van der Waals surface area (Å²) in [6, 6.07) is 5.72. The van der Waals surface area contributed by atoms with Gasteiger partial charge < -0.3 is 9.47 Å². The third-order valence-electron chi connectivity index (χ3n) is 4.35. The average Bonchev–Trinajstić information content (AvgIpc) is 3.24. The molecule has 1 N–H and O–H groups in total. The summed E-state index contributed by atoms with van der Waals surface area (Å²) in [6.45, 7) is 4.16. The molecule has 3 heterocycles. The monoisotopic (exact) mass is 412 g/mol. The van der Waals surface area contributed by atoms with Crippen molar-refractivity contribution in [3.8, 4) is 23.5 Å². The van der Waals surface area contributed by atoms with Gasteiger partial charge in [-0.1, -0.05) is 13.8 Å². The highest BCUT2D eigenvalue weighted by atomic mass is 32.2. The van der Waals surface area contributed by atoms with Crippen LogP contribution in [0.5, 0.6) is 11.8 Å². The zero-order valence-electron chi connectivity index (χ0n) is 16.4. The summed E-state index contributed by atoms with van der Waals surface area (Å²) in [4.78, 5) is 12.6. The summed E-state index contributed by atoms with van der Waals surface area (Å²) in [7, 11) is 3.04.